The summed E-state index contributed by atoms with van der Waals surface area (Å²) in [5.41, 5.74) is 0. The van der Waals surface area contributed by atoms with Crippen LogP contribution in [-0.2, 0) is 14.3 Å². The maximum Gasteiger partial charge on any atom is 0.318 e. The first kappa shape index (κ1) is 13.1. The first-order valence-corrected chi connectivity index (χ1v) is 7.69. The van der Waals surface area contributed by atoms with Gasteiger partial charge in [-0.3, -0.25) is 14.5 Å². The predicted octanol–water partition coefficient (Wildman–Crippen LogP) is 1.91. The fourth-order valence-electron chi connectivity index (χ4n) is 4.37. The molecule has 0 radical (unpaired) electrons. The number of hydrogen-bond acceptors (Lipinski definition) is 4. The number of Topliss-reactive ketones (excluding diaryl/α,β-unsaturated/α-hetero) is 1. The molecule has 3 aliphatic heterocycles. The van der Waals surface area contributed by atoms with Crippen molar-refractivity contribution in [2.45, 2.75) is 70.0 Å². The molecule has 3 aliphatic rings. The summed E-state index contributed by atoms with van der Waals surface area (Å²) >= 11 is 0. The Kier molecular flexibility index (Phi) is 3.61. The number of rotatable bonds is 2. The van der Waals surface area contributed by atoms with E-state index >= 15 is 0 Å². The molecule has 4 nitrogen and oxygen atoms in total. The van der Waals surface area contributed by atoms with E-state index in [4.69, 9.17) is 4.74 Å². The molecule has 3 rings (SSSR count). The zero-order chi connectivity index (χ0) is 13.4. The van der Waals surface area contributed by atoms with E-state index in [1.807, 2.05) is 0 Å². The van der Waals surface area contributed by atoms with Gasteiger partial charge in [-0.25, -0.2) is 0 Å². The van der Waals surface area contributed by atoms with Crippen LogP contribution in [-0.4, -0.2) is 41.4 Å². The normalized spacial score (nSPS) is 38.7. The van der Waals surface area contributed by atoms with E-state index in [0.717, 1.165) is 19.3 Å². The first-order valence-electron chi connectivity index (χ1n) is 7.69. The minimum Gasteiger partial charge on any atom is -0.465 e. The van der Waals surface area contributed by atoms with Gasteiger partial charge in [0.2, 0.25) is 0 Å². The van der Waals surface area contributed by atoms with Crippen molar-refractivity contribution in [3.8, 4) is 0 Å². The van der Waals surface area contributed by atoms with E-state index in [9.17, 15) is 9.59 Å². The van der Waals surface area contributed by atoms with Gasteiger partial charge < -0.3 is 4.74 Å². The minimum atomic E-state index is -0.517. The molecule has 3 heterocycles. The molecule has 0 aliphatic carbocycles. The van der Waals surface area contributed by atoms with Crippen molar-refractivity contribution in [3.05, 3.63) is 0 Å². The first-order chi connectivity index (χ1) is 9.22. The summed E-state index contributed by atoms with van der Waals surface area (Å²) in [4.78, 5) is 27.0. The summed E-state index contributed by atoms with van der Waals surface area (Å²) in [5.74, 6) is -0.688. The summed E-state index contributed by atoms with van der Waals surface area (Å²) in [7, 11) is 0. The molecular weight excluding hydrogens is 242 g/mol. The summed E-state index contributed by atoms with van der Waals surface area (Å²) in [6, 6.07) is 1.11. The number of esters is 1. The van der Waals surface area contributed by atoms with E-state index < -0.39 is 5.92 Å². The van der Waals surface area contributed by atoms with Crippen LogP contribution in [0.3, 0.4) is 0 Å². The Morgan fingerprint density at radius 2 is 1.89 bits per heavy atom. The second-order valence-corrected chi connectivity index (χ2v) is 6.08. The third kappa shape index (κ3) is 2.20. The van der Waals surface area contributed by atoms with Crippen LogP contribution in [0.2, 0.25) is 0 Å². The fraction of sp³-hybridized carbons (Fsp3) is 0.867. The Hall–Kier alpha value is -0.900. The molecule has 106 valence electrons. The standard InChI is InChI=1S/C15H23NO3/c1-2-19-15(18)14-12-8-4-6-10-5-3-7-11(16(10)12)9-13(14)17/h10-12,14H,2-9H2,1H3/t10-,11+,12+,14?/m1/s1. The molecule has 0 N–H and O–H groups in total. The van der Waals surface area contributed by atoms with E-state index in [2.05, 4.69) is 4.90 Å². The Morgan fingerprint density at radius 3 is 2.63 bits per heavy atom. The summed E-state index contributed by atoms with van der Waals surface area (Å²) in [6.45, 7) is 2.17. The lowest BCUT2D eigenvalue weighted by atomic mass is 9.73. The maximum atomic E-state index is 12.3. The molecule has 3 fully saturated rings. The largest absolute Gasteiger partial charge is 0.465 e. The van der Waals surface area contributed by atoms with E-state index in [1.165, 1.54) is 19.3 Å². The smallest absolute Gasteiger partial charge is 0.318 e. The molecule has 4 atom stereocenters. The van der Waals surface area contributed by atoms with Gasteiger partial charge in [0, 0.05) is 24.5 Å². The number of ether oxygens (including phenoxy) is 1. The summed E-state index contributed by atoms with van der Waals surface area (Å²) in [5, 5.41) is 0. The van der Waals surface area contributed by atoms with Crippen LogP contribution in [0.15, 0.2) is 0 Å². The SMILES string of the molecule is CCOC(=O)C1C(=O)C[C@@H]2CCC[C@@H]3CCC[C@@H]1N32. The highest BCUT2D eigenvalue weighted by molar-refractivity contribution is 6.00. The zero-order valence-electron chi connectivity index (χ0n) is 11.6. The van der Waals surface area contributed by atoms with Crippen LogP contribution < -0.4 is 0 Å². The average molecular weight is 265 g/mol. The van der Waals surface area contributed by atoms with Crippen LogP contribution in [0.1, 0.15) is 51.9 Å². The summed E-state index contributed by atoms with van der Waals surface area (Å²) in [6.07, 6.45) is 7.48. The van der Waals surface area contributed by atoms with Crippen LogP contribution in [0, 0.1) is 5.92 Å². The highest BCUT2D eigenvalue weighted by atomic mass is 16.5. The van der Waals surface area contributed by atoms with Gasteiger partial charge in [-0.1, -0.05) is 12.8 Å². The number of hydrogen-bond donors (Lipinski definition) is 0. The lowest BCUT2D eigenvalue weighted by molar-refractivity contribution is -0.163. The van der Waals surface area contributed by atoms with Gasteiger partial charge in [0.25, 0.3) is 0 Å². The number of carbonyl (C=O) groups excluding carboxylic acids is 2. The van der Waals surface area contributed by atoms with Crippen molar-refractivity contribution in [1.29, 1.82) is 0 Å². The van der Waals surface area contributed by atoms with Gasteiger partial charge in [-0.15, -0.1) is 0 Å². The molecule has 0 bridgehead atoms. The van der Waals surface area contributed by atoms with Crippen molar-refractivity contribution in [2.24, 2.45) is 5.92 Å². The third-order valence-corrected chi connectivity index (χ3v) is 5.05. The number of piperidine rings is 3. The fourth-order valence-corrected chi connectivity index (χ4v) is 4.37. The average Bonchev–Trinajstić information content (AvgIpc) is 2.39. The van der Waals surface area contributed by atoms with Gasteiger partial charge in [-0.05, 0) is 32.6 Å². The zero-order valence-corrected chi connectivity index (χ0v) is 11.6. The van der Waals surface area contributed by atoms with Crippen molar-refractivity contribution in [2.75, 3.05) is 6.61 Å². The monoisotopic (exact) mass is 265 g/mol. The van der Waals surface area contributed by atoms with Crippen LogP contribution >= 0.6 is 0 Å². The van der Waals surface area contributed by atoms with Gasteiger partial charge in [0.15, 0.2) is 0 Å². The lowest BCUT2D eigenvalue weighted by Crippen LogP contribution is -2.63. The second-order valence-electron chi connectivity index (χ2n) is 6.08. The van der Waals surface area contributed by atoms with E-state index in [-0.39, 0.29) is 17.8 Å². The van der Waals surface area contributed by atoms with Gasteiger partial charge >= 0.3 is 5.97 Å². The maximum absolute atomic E-state index is 12.3. The van der Waals surface area contributed by atoms with Gasteiger partial charge in [-0.2, -0.15) is 0 Å². The molecule has 0 saturated carbocycles. The van der Waals surface area contributed by atoms with Gasteiger partial charge in [0.05, 0.1) is 6.61 Å². The van der Waals surface area contributed by atoms with Crippen molar-refractivity contribution in [1.82, 2.24) is 4.90 Å². The summed E-state index contributed by atoms with van der Waals surface area (Å²) < 4.78 is 5.14. The highest BCUT2D eigenvalue weighted by Crippen LogP contribution is 2.41. The minimum absolute atomic E-state index is 0.115. The molecule has 1 unspecified atom stereocenters. The molecule has 0 aromatic carbocycles. The molecule has 19 heavy (non-hydrogen) atoms. The Bertz CT molecular complexity index is 380. The molecule has 0 aromatic rings. The highest BCUT2D eigenvalue weighted by Gasteiger charge is 2.50. The Labute approximate surface area is 114 Å². The molecule has 0 aromatic heterocycles. The molecule has 0 spiro atoms. The van der Waals surface area contributed by atoms with Crippen molar-refractivity contribution in [3.63, 3.8) is 0 Å². The predicted molar refractivity (Wildman–Crippen MR) is 70.7 cm³/mol. The Morgan fingerprint density at radius 1 is 1.21 bits per heavy atom. The molecule has 3 saturated heterocycles. The van der Waals surface area contributed by atoms with Crippen molar-refractivity contribution >= 4 is 11.8 Å². The van der Waals surface area contributed by atoms with Crippen LogP contribution in [0.4, 0.5) is 0 Å². The second kappa shape index (κ2) is 5.23. The van der Waals surface area contributed by atoms with Gasteiger partial charge in [0.1, 0.15) is 11.7 Å². The van der Waals surface area contributed by atoms with Crippen LogP contribution in [0.5, 0.6) is 0 Å². The van der Waals surface area contributed by atoms with E-state index in [1.54, 1.807) is 6.92 Å². The molecular formula is C15H23NO3. The third-order valence-electron chi connectivity index (χ3n) is 5.05. The Balaban J connectivity index is 1.85. The van der Waals surface area contributed by atoms with Crippen LogP contribution in [0.25, 0.3) is 0 Å². The van der Waals surface area contributed by atoms with E-state index in [0.29, 0.717) is 25.1 Å². The topological polar surface area (TPSA) is 46.6 Å². The lowest BCUT2D eigenvalue weighted by Gasteiger charge is -2.54. The van der Waals surface area contributed by atoms with Crippen molar-refractivity contribution < 1.29 is 14.3 Å². The number of nitrogens with zero attached hydrogens (tertiary/aromatic N) is 1. The molecule has 4 heteroatoms. The number of carbonyl (C=O) groups is 2. The quantitative estimate of drug-likeness (QED) is 0.565. The molecule has 0 amide bonds. The number of ketones is 1.